The lowest BCUT2D eigenvalue weighted by Crippen LogP contribution is -2.23. The van der Waals surface area contributed by atoms with Crippen LogP contribution in [0.1, 0.15) is 17.1 Å². The SMILES string of the molecule is O=c1cc(Cc2nnc(SCc3cccnc3)n2-c2ccc(Cl)cc2)[nH]c(=O)[nH]1. The van der Waals surface area contributed by atoms with Gasteiger partial charge in [-0.1, -0.05) is 29.4 Å². The molecule has 0 radical (unpaired) electrons. The second-order valence-electron chi connectivity index (χ2n) is 6.15. The van der Waals surface area contributed by atoms with Crippen molar-refractivity contribution in [2.75, 3.05) is 0 Å². The Morgan fingerprint density at radius 1 is 1.07 bits per heavy atom. The summed E-state index contributed by atoms with van der Waals surface area (Å²) in [5, 5.41) is 9.90. The average Bonchev–Trinajstić information content (AvgIpc) is 3.09. The molecule has 0 amide bonds. The van der Waals surface area contributed by atoms with Gasteiger partial charge in [0, 0.05) is 47.0 Å². The van der Waals surface area contributed by atoms with Crippen molar-refractivity contribution in [1.29, 1.82) is 0 Å². The fourth-order valence-electron chi connectivity index (χ4n) is 2.77. The molecule has 0 atom stereocenters. The van der Waals surface area contributed by atoms with Gasteiger partial charge >= 0.3 is 5.69 Å². The molecule has 0 fully saturated rings. The summed E-state index contributed by atoms with van der Waals surface area (Å²) in [6.07, 6.45) is 3.77. The first-order chi connectivity index (χ1) is 14.1. The Morgan fingerprint density at radius 3 is 2.62 bits per heavy atom. The second kappa shape index (κ2) is 8.46. The van der Waals surface area contributed by atoms with Crippen LogP contribution in [0.3, 0.4) is 0 Å². The number of nitrogens with one attached hydrogen (secondary N) is 2. The van der Waals surface area contributed by atoms with Crippen molar-refractivity contribution in [3.8, 4) is 5.69 Å². The van der Waals surface area contributed by atoms with Crippen LogP contribution in [0.5, 0.6) is 0 Å². The predicted octanol–water partition coefficient (Wildman–Crippen LogP) is 2.58. The van der Waals surface area contributed by atoms with Gasteiger partial charge in [0.05, 0.1) is 0 Å². The van der Waals surface area contributed by atoms with Crippen LogP contribution >= 0.6 is 23.4 Å². The molecule has 0 saturated heterocycles. The maximum Gasteiger partial charge on any atom is 0.325 e. The van der Waals surface area contributed by atoms with E-state index in [1.54, 1.807) is 24.5 Å². The van der Waals surface area contributed by atoms with E-state index in [-0.39, 0.29) is 6.42 Å². The largest absolute Gasteiger partial charge is 0.325 e. The quantitative estimate of drug-likeness (QED) is 0.458. The van der Waals surface area contributed by atoms with E-state index in [0.717, 1.165) is 11.3 Å². The Hall–Kier alpha value is -3.17. The normalized spacial score (nSPS) is 10.9. The smallest absolute Gasteiger partial charge is 0.311 e. The van der Waals surface area contributed by atoms with Crippen molar-refractivity contribution in [2.45, 2.75) is 17.3 Å². The minimum atomic E-state index is -0.559. The second-order valence-corrected chi connectivity index (χ2v) is 7.53. The fraction of sp³-hybridized carbons (Fsp3) is 0.105. The minimum absolute atomic E-state index is 0.238. The molecule has 1 aromatic carbocycles. The van der Waals surface area contributed by atoms with Gasteiger partial charge in [-0.3, -0.25) is 19.3 Å². The third-order valence-corrected chi connectivity index (χ3v) is 5.29. The summed E-state index contributed by atoms with van der Waals surface area (Å²) in [4.78, 5) is 32.1. The highest BCUT2D eigenvalue weighted by molar-refractivity contribution is 7.98. The van der Waals surface area contributed by atoms with Gasteiger partial charge in [-0.05, 0) is 35.9 Å². The van der Waals surface area contributed by atoms with Crippen LogP contribution in [-0.4, -0.2) is 29.7 Å². The lowest BCUT2D eigenvalue weighted by atomic mass is 10.2. The number of hydrogen-bond donors (Lipinski definition) is 2. The van der Waals surface area contributed by atoms with Gasteiger partial charge in [-0.15, -0.1) is 10.2 Å². The summed E-state index contributed by atoms with van der Waals surface area (Å²) in [6, 6.07) is 12.5. The molecule has 0 bridgehead atoms. The van der Waals surface area contributed by atoms with Crippen molar-refractivity contribution >= 4 is 23.4 Å². The molecule has 3 aromatic heterocycles. The van der Waals surface area contributed by atoms with Crippen LogP contribution in [0, 0.1) is 0 Å². The summed E-state index contributed by atoms with van der Waals surface area (Å²) in [7, 11) is 0. The fourth-order valence-corrected chi connectivity index (χ4v) is 3.81. The van der Waals surface area contributed by atoms with E-state index in [9.17, 15) is 9.59 Å². The first-order valence-corrected chi connectivity index (χ1v) is 9.99. The van der Waals surface area contributed by atoms with Crippen molar-refractivity contribution in [3.05, 3.63) is 97.8 Å². The molecule has 10 heteroatoms. The molecule has 0 aliphatic carbocycles. The third kappa shape index (κ3) is 4.64. The van der Waals surface area contributed by atoms with E-state index in [4.69, 9.17) is 11.6 Å². The van der Waals surface area contributed by atoms with Crippen molar-refractivity contribution in [3.63, 3.8) is 0 Å². The lowest BCUT2D eigenvalue weighted by Gasteiger charge is -2.10. The van der Waals surface area contributed by atoms with Crippen LogP contribution in [-0.2, 0) is 12.2 Å². The maximum absolute atomic E-state index is 11.6. The first-order valence-electron chi connectivity index (χ1n) is 8.63. The highest BCUT2D eigenvalue weighted by Crippen LogP contribution is 2.26. The summed E-state index contributed by atoms with van der Waals surface area (Å²) in [6.45, 7) is 0. The highest BCUT2D eigenvalue weighted by atomic mass is 35.5. The number of halogens is 1. The number of pyridine rings is 1. The Kier molecular flexibility index (Phi) is 5.59. The number of benzene rings is 1. The molecule has 146 valence electrons. The van der Waals surface area contributed by atoms with Crippen LogP contribution in [0.25, 0.3) is 5.69 Å². The zero-order chi connectivity index (χ0) is 20.2. The van der Waals surface area contributed by atoms with E-state index in [2.05, 4.69) is 25.1 Å². The molecule has 4 rings (SSSR count). The molecular weight excluding hydrogens is 412 g/mol. The van der Waals surface area contributed by atoms with Crippen molar-refractivity contribution in [2.24, 2.45) is 0 Å². The average molecular weight is 427 g/mol. The van der Waals surface area contributed by atoms with Gasteiger partial charge in [0.15, 0.2) is 5.16 Å². The summed E-state index contributed by atoms with van der Waals surface area (Å²) < 4.78 is 1.89. The van der Waals surface area contributed by atoms with Gasteiger partial charge in [0.1, 0.15) is 5.82 Å². The van der Waals surface area contributed by atoms with Gasteiger partial charge in [-0.2, -0.15) is 0 Å². The van der Waals surface area contributed by atoms with Crippen LogP contribution in [0.2, 0.25) is 5.02 Å². The van der Waals surface area contributed by atoms with E-state index >= 15 is 0 Å². The molecule has 0 saturated carbocycles. The number of rotatable bonds is 6. The van der Waals surface area contributed by atoms with Crippen LogP contribution in [0.4, 0.5) is 0 Å². The summed E-state index contributed by atoms with van der Waals surface area (Å²) in [5.41, 5.74) is 1.31. The van der Waals surface area contributed by atoms with Gasteiger partial charge in [0.25, 0.3) is 5.56 Å². The Bertz CT molecular complexity index is 1210. The Balaban J connectivity index is 1.70. The molecular formula is C19H15ClN6O2S. The zero-order valence-corrected chi connectivity index (χ0v) is 16.6. The highest BCUT2D eigenvalue weighted by Gasteiger charge is 2.16. The lowest BCUT2D eigenvalue weighted by molar-refractivity contribution is 0.829. The molecule has 2 N–H and O–H groups in total. The van der Waals surface area contributed by atoms with Crippen LogP contribution in [0.15, 0.2) is 69.6 Å². The number of H-pyrrole nitrogens is 2. The third-order valence-electron chi connectivity index (χ3n) is 4.04. The van der Waals surface area contributed by atoms with Gasteiger partial charge < -0.3 is 4.98 Å². The molecule has 0 aliphatic rings. The van der Waals surface area contributed by atoms with E-state index < -0.39 is 11.2 Å². The number of thioether (sulfide) groups is 1. The van der Waals surface area contributed by atoms with Crippen LogP contribution < -0.4 is 11.2 Å². The topological polar surface area (TPSA) is 109 Å². The number of hydrogen-bond acceptors (Lipinski definition) is 6. The Morgan fingerprint density at radius 2 is 1.90 bits per heavy atom. The summed E-state index contributed by atoms with van der Waals surface area (Å²) >= 11 is 7.54. The molecule has 29 heavy (non-hydrogen) atoms. The molecule has 8 nitrogen and oxygen atoms in total. The zero-order valence-electron chi connectivity index (χ0n) is 15.0. The number of aromatic amines is 2. The van der Waals surface area contributed by atoms with Crippen molar-refractivity contribution in [1.82, 2.24) is 29.7 Å². The number of aromatic nitrogens is 6. The molecule has 3 heterocycles. The van der Waals surface area contributed by atoms with Gasteiger partial charge in [-0.25, -0.2) is 4.79 Å². The Labute approximate surface area is 174 Å². The van der Waals surface area contributed by atoms with Gasteiger partial charge in [0.2, 0.25) is 0 Å². The molecule has 0 unspecified atom stereocenters. The standard InChI is InChI=1S/C19H15ClN6O2S/c20-13-3-5-15(6-4-13)26-16(8-14-9-17(27)23-18(28)22-14)24-25-19(26)29-11-12-2-1-7-21-10-12/h1-7,9-10H,8,11H2,(H2,22,23,27,28). The van der Waals surface area contributed by atoms with E-state index in [1.807, 2.05) is 28.8 Å². The molecule has 4 aromatic rings. The first kappa shape index (κ1) is 19.2. The monoisotopic (exact) mass is 426 g/mol. The summed E-state index contributed by atoms with van der Waals surface area (Å²) in [5.74, 6) is 1.25. The van der Waals surface area contributed by atoms with Crippen molar-refractivity contribution < 1.29 is 0 Å². The van der Waals surface area contributed by atoms with E-state index in [1.165, 1.54) is 17.8 Å². The molecule has 0 aliphatic heterocycles. The maximum atomic E-state index is 11.6. The minimum Gasteiger partial charge on any atom is -0.311 e. The van der Waals surface area contributed by atoms with E-state index in [0.29, 0.717) is 27.5 Å². The number of nitrogens with zero attached hydrogens (tertiary/aromatic N) is 4. The predicted molar refractivity (Wildman–Crippen MR) is 111 cm³/mol. The molecule has 0 spiro atoms.